The molecule has 0 aliphatic heterocycles. The highest BCUT2D eigenvalue weighted by molar-refractivity contribution is 7.99. The molecular weight excluding hydrogens is 430 g/mol. The molecule has 3 aromatic rings. The van der Waals surface area contributed by atoms with E-state index in [0.29, 0.717) is 28.8 Å². The minimum atomic E-state index is -0.471. The first-order chi connectivity index (χ1) is 15.4. The average molecular weight is 454 g/mol. The number of carbonyl (C=O) groups is 1. The molecule has 0 bridgehead atoms. The lowest BCUT2D eigenvalue weighted by Gasteiger charge is -2.10. The van der Waals surface area contributed by atoms with E-state index in [-0.39, 0.29) is 24.0 Å². The van der Waals surface area contributed by atoms with Crippen LogP contribution in [-0.2, 0) is 17.9 Å². The van der Waals surface area contributed by atoms with Gasteiger partial charge in [-0.2, -0.15) is 0 Å². The van der Waals surface area contributed by atoms with Crippen molar-refractivity contribution in [1.82, 2.24) is 14.8 Å². The van der Waals surface area contributed by atoms with E-state index < -0.39 is 4.92 Å². The third kappa shape index (κ3) is 5.94. The van der Waals surface area contributed by atoms with Gasteiger partial charge >= 0.3 is 0 Å². The second kappa shape index (κ2) is 10.6. The van der Waals surface area contributed by atoms with Crippen LogP contribution in [0.15, 0.2) is 60.3 Å². The zero-order valence-corrected chi connectivity index (χ0v) is 18.6. The first-order valence-electron chi connectivity index (χ1n) is 9.77. The number of aromatic nitrogens is 3. The number of nitrogens with zero attached hydrogens (tertiary/aromatic N) is 4. The van der Waals surface area contributed by atoms with Crippen LogP contribution in [0.25, 0.3) is 0 Å². The Balaban J connectivity index is 1.61. The van der Waals surface area contributed by atoms with Gasteiger partial charge in [0, 0.05) is 24.4 Å². The van der Waals surface area contributed by atoms with E-state index in [1.807, 2.05) is 35.8 Å². The molecule has 0 saturated heterocycles. The second-order valence-electron chi connectivity index (χ2n) is 6.99. The predicted octanol–water partition coefficient (Wildman–Crippen LogP) is 4.30. The number of hydrogen-bond donors (Lipinski definition) is 1. The summed E-state index contributed by atoms with van der Waals surface area (Å²) < 4.78 is 7.64. The first-order valence-corrected chi connectivity index (χ1v) is 10.8. The number of thioether (sulfide) groups is 1. The third-order valence-electron chi connectivity index (χ3n) is 4.52. The number of benzene rings is 2. The molecule has 32 heavy (non-hydrogen) atoms. The lowest BCUT2D eigenvalue weighted by atomic mass is 10.2. The third-order valence-corrected chi connectivity index (χ3v) is 5.49. The molecule has 10 heteroatoms. The molecule has 9 nitrogen and oxygen atoms in total. The number of aryl methyl sites for hydroxylation is 2. The molecule has 1 aromatic heterocycles. The quantitative estimate of drug-likeness (QED) is 0.211. The number of ether oxygens (including phenoxy) is 1. The van der Waals surface area contributed by atoms with Crippen molar-refractivity contribution in [3.63, 3.8) is 0 Å². The monoisotopic (exact) mass is 453 g/mol. The Labute approximate surface area is 189 Å². The Bertz CT molecular complexity index is 1130. The number of anilines is 1. The fourth-order valence-electron chi connectivity index (χ4n) is 2.85. The number of nitro benzene ring substituents is 1. The van der Waals surface area contributed by atoms with E-state index in [9.17, 15) is 14.9 Å². The van der Waals surface area contributed by atoms with Crippen molar-refractivity contribution in [3.8, 4) is 5.75 Å². The van der Waals surface area contributed by atoms with Crippen LogP contribution in [-0.4, -0.2) is 31.3 Å². The van der Waals surface area contributed by atoms with Crippen molar-refractivity contribution in [2.45, 2.75) is 32.2 Å². The van der Waals surface area contributed by atoms with Crippen LogP contribution in [0, 0.1) is 24.0 Å². The Morgan fingerprint density at radius 3 is 2.66 bits per heavy atom. The summed E-state index contributed by atoms with van der Waals surface area (Å²) in [4.78, 5) is 22.8. The number of non-ortho nitro benzene ring substituents is 1. The van der Waals surface area contributed by atoms with Gasteiger partial charge in [0.2, 0.25) is 5.91 Å². The fraction of sp³-hybridized carbons (Fsp3) is 0.227. The molecule has 2 aromatic carbocycles. The Morgan fingerprint density at radius 1 is 1.25 bits per heavy atom. The highest BCUT2D eigenvalue weighted by Crippen LogP contribution is 2.23. The fourth-order valence-corrected chi connectivity index (χ4v) is 3.61. The summed E-state index contributed by atoms with van der Waals surface area (Å²) in [6, 6.07) is 12.0. The minimum absolute atomic E-state index is 0.0206. The topological polar surface area (TPSA) is 112 Å². The second-order valence-corrected chi connectivity index (χ2v) is 7.94. The van der Waals surface area contributed by atoms with E-state index in [1.165, 1.54) is 30.0 Å². The van der Waals surface area contributed by atoms with Crippen LogP contribution in [0.1, 0.15) is 17.0 Å². The van der Waals surface area contributed by atoms with Gasteiger partial charge in [-0.15, -0.1) is 16.8 Å². The summed E-state index contributed by atoms with van der Waals surface area (Å²) in [7, 11) is 0. The van der Waals surface area contributed by atoms with Crippen LogP contribution >= 0.6 is 11.8 Å². The smallest absolute Gasteiger partial charge is 0.269 e. The predicted molar refractivity (Wildman–Crippen MR) is 123 cm³/mol. The summed E-state index contributed by atoms with van der Waals surface area (Å²) in [6.45, 7) is 8.20. The molecule has 0 aliphatic rings. The Kier molecular flexibility index (Phi) is 7.61. The van der Waals surface area contributed by atoms with Crippen LogP contribution in [0.5, 0.6) is 5.75 Å². The van der Waals surface area contributed by atoms with Crippen LogP contribution in [0.3, 0.4) is 0 Å². The normalized spacial score (nSPS) is 10.6. The van der Waals surface area contributed by atoms with Crippen molar-refractivity contribution < 1.29 is 14.5 Å². The van der Waals surface area contributed by atoms with Gasteiger partial charge in [-0.1, -0.05) is 35.5 Å². The summed E-state index contributed by atoms with van der Waals surface area (Å²) in [5.41, 5.74) is 2.27. The summed E-state index contributed by atoms with van der Waals surface area (Å²) in [6.07, 6.45) is 1.73. The van der Waals surface area contributed by atoms with Gasteiger partial charge in [0.05, 0.1) is 10.7 Å². The number of rotatable bonds is 10. The van der Waals surface area contributed by atoms with Crippen LogP contribution in [0.2, 0.25) is 0 Å². The molecule has 1 heterocycles. The highest BCUT2D eigenvalue weighted by atomic mass is 32.2. The van der Waals surface area contributed by atoms with Gasteiger partial charge in [-0.05, 0) is 37.6 Å². The Hall–Kier alpha value is -3.66. The summed E-state index contributed by atoms with van der Waals surface area (Å²) >= 11 is 1.24. The van der Waals surface area contributed by atoms with Crippen LogP contribution < -0.4 is 10.1 Å². The van der Waals surface area contributed by atoms with Crippen LogP contribution in [0.4, 0.5) is 11.4 Å². The summed E-state index contributed by atoms with van der Waals surface area (Å²) in [5, 5.41) is 22.6. The van der Waals surface area contributed by atoms with Gasteiger partial charge in [-0.25, -0.2) is 0 Å². The number of hydrogen-bond acceptors (Lipinski definition) is 7. The average Bonchev–Trinajstić information content (AvgIpc) is 3.15. The standard InChI is InChI=1S/C22H23N5O4S/c1-4-11-26-20(13-31-18-8-5-15(2)6-9-18)24-25-22(26)32-14-21(28)23-19-10-7-17(27(29)30)12-16(19)3/h4-10,12H,1,11,13-14H2,2-3H3,(H,23,28). The minimum Gasteiger partial charge on any atom is -0.486 e. The van der Waals surface area contributed by atoms with E-state index in [1.54, 1.807) is 13.0 Å². The zero-order chi connectivity index (χ0) is 23.1. The molecule has 0 spiro atoms. The SMILES string of the molecule is C=CCn1c(COc2ccc(C)cc2)nnc1SCC(=O)Nc1ccc([N+](=O)[O-])cc1C. The lowest BCUT2D eigenvalue weighted by molar-refractivity contribution is -0.384. The van der Waals surface area contributed by atoms with Gasteiger partial charge in [-0.3, -0.25) is 19.5 Å². The first kappa shape index (κ1) is 23.0. The number of nitro groups is 1. The van der Waals surface area contributed by atoms with E-state index in [0.717, 1.165) is 11.3 Å². The van der Waals surface area contributed by atoms with Gasteiger partial charge in [0.1, 0.15) is 12.4 Å². The van der Waals surface area contributed by atoms with Gasteiger partial charge < -0.3 is 10.1 Å². The maximum Gasteiger partial charge on any atom is 0.269 e. The van der Waals surface area contributed by atoms with E-state index in [2.05, 4.69) is 22.1 Å². The van der Waals surface area contributed by atoms with E-state index >= 15 is 0 Å². The van der Waals surface area contributed by atoms with Crippen molar-refractivity contribution in [1.29, 1.82) is 0 Å². The van der Waals surface area contributed by atoms with Crippen molar-refractivity contribution >= 4 is 29.0 Å². The molecule has 0 aliphatic carbocycles. The number of nitrogens with one attached hydrogen (secondary N) is 1. The molecular formula is C22H23N5O4S. The maximum absolute atomic E-state index is 12.4. The lowest BCUT2D eigenvalue weighted by Crippen LogP contribution is -2.15. The largest absolute Gasteiger partial charge is 0.486 e. The highest BCUT2D eigenvalue weighted by Gasteiger charge is 2.15. The molecule has 0 unspecified atom stereocenters. The zero-order valence-electron chi connectivity index (χ0n) is 17.8. The number of amides is 1. The summed E-state index contributed by atoms with van der Waals surface area (Å²) in [5.74, 6) is 1.21. The van der Waals surface area contributed by atoms with Crippen molar-refractivity contribution in [2.24, 2.45) is 0 Å². The molecule has 0 atom stereocenters. The molecule has 166 valence electrons. The molecule has 1 N–H and O–H groups in total. The van der Waals surface area contributed by atoms with Gasteiger partial charge in [0.25, 0.3) is 5.69 Å². The maximum atomic E-state index is 12.4. The molecule has 1 amide bonds. The van der Waals surface area contributed by atoms with E-state index in [4.69, 9.17) is 4.74 Å². The molecule has 3 rings (SSSR count). The van der Waals surface area contributed by atoms with Crippen molar-refractivity contribution in [2.75, 3.05) is 11.1 Å². The molecule has 0 saturated carbocycles. The van der Waals surface area contributed by atoms with Crippen molar-refractivity contribution in [3.05, 3.63) is 82.2 Å². The number of allylic oxidation sites excluding steroid dienone is 1. The molecule has 0 fully saturated rings. The van der Waals surface area contributed by atoms with Gasteiger partial charge in [0.15, 0.2) is 11.0 Å². The molecule has 0 radical (unpaired) electrons. The Morgan fingerprint density at radius 2 is 2.00 bits per heavy atom. The number of carbonyl (C=O) groups excluding carboxylic acids is 1.